The van der Waals surface area contributed by atoms with Crippen molar-refractivity contribution in [2.24, 2.45) is 5.92 Å². The van der Waals surface area contributed by atoms with Gasteiger partial charge in [-0.2, -0.15) is 0 Å². The maximum Gasteiger partial charge on any atom is 0.276 e. The Morgan fingerprint density at radius 3 is 2.68 bits per heavy atom. The standard InChI is InChI=1S/C21H29N5OS/c1-28-19-8-6-17(7-9-19)13-24-10-4-5-18(14-24)15-26-16-20(22-23-26)21(27)25-11-2-3-12-25/h6-9,16,18H,2-5,10-15H2,1H3. The van der Waals surface area contributed by atoms with Gasteiger partial charge in [0.15, 0.2) is 5.69 Å². The Balaban J connectivity index is 1.31. The van der Waals surface area contributed by atoms with Crippen LogP contribution < -0.4 is 0 Å². The highest BCUT2D eigenvalue weighted by Crippen LogP contribution is 2.21. The maximum absolute atomic E-state index is 12.5. The molecule has 1 aromatic heterocycles. The minimum Gasteiger partial charge on any atom is -0.337 e. The minimum absolute atomic E-state index is 0.0303. The van der Waals surface area contributed by atoms with E-state index < -0.39 is 0 Å². The molecule has 2 fully saturated rings. The van der Waals surface area contributed by atoms with Crippen LogP contribution in [0.4, 0.5) is 0 Å². The minimum atomic E-state index is 0.0303. The zero-order valence-electron chi connectivity index (χ0n) is 16.6. The van der Waals surface area contributed by atoms with Crippen LogP contribution in [0.2, 0.25) is 0 Å². The molecule has 1 aromatic carbocycles. The monoisotopic (exact) mass is 399 g/mol. The largest absolute Gasteiger partial charge is 0.337 e. The lowest BCUT2D eigenvalue weighted by Gasteiger charge is -2.32. The van der Waals surface area contributed by atoms with E-state index in [-0.39, 0.29) is 5.91 Å². The van der Waals surface area contributed by atoms with E-state index in [9.17, 15) is 4.79 Å². The highest BCUT2D eigenvalue weighted by atomic mass is 32.2. The molecule has 2 aromatic rings. The van der Waals surface area contributed by atoms with Crippen LogP contribution in [0.25, 0.3) is 0 Å². The summed E-state index contributed by atoms with van der Waals surface area (Å²) in [4.78, 5) is 18.2. The van der Waals surface area contributed by atoms with Crippen molar-refractivity contribution in [2.45, 2.75) is 43.7 Å². The van der Waals surface area contributed by atoms with Gasteiger partial charge in [-0.25, -0.2) is 0 Å². The third-order valence-electron chi connectivity index (χ3n) is 5.76. The Labute approximate surface area is 171 Å². The van der Waals surface area contributed by atoms with Gasteiger partial charge in [-0.1, -0.05) is 17.3 Å². The average molecular weight is 400 g/mol. The second-order valence-electron chi connectivity index (χ2n) is 7.92. The van der Waals surface area contributed by atoms with E-state index in [0.29, 0.717) is 11.6 Å². The van der Waals surface area contributed by atoms with E-state index in [1.807, 2.05) is 15.8 Å². The lowest BCUT2D eigenvalue weighted by molar-refractivity contribution is 0.0787. The molecule has 0 aliphatic carbocycles. The fourth-order valence-electron chi connectivity index (χ4n) is 4.27. The van der Waals surface area contributed by atoms with Crippen LogP contribution in [0, 0.1) is 5.92 Å². The van der Waals surface area contributed by atoms with Crippen LogP contribution in [-0.2, 0) is 13.1 Å². The van der Waals surface area contributed by atoms with Gasteiger partial charge in [-0.15, -0.1) is 16.9 Å². The molecule has 1 atom stereocenters. The van der Waals surface area contributed by atoms with E-state index in [0.717, 1.165) is 52.1 Å². The summed E-state index contributed by atoms with van der Waals surface area (Å²) in [5.41, 5.74) is 1.86. The highest BCUT2D eigenvalue weighted by molar-refractivity contribution is 7.98. The number of benzene rings is 1. The summed E-state index contributed by atoms with van der Waals surface area (Å²) in [5, 5.41) is 8.36. The Bertz CT molecular complexity index is 784. The number of carbonyl (C=O) groups is 1. The Morgan fingerprint density at radius 1 is 1.14 bits per heavy atom. The van der Waals surface area contributed by atoms with Crippen LogP contribution in [0.1, 0.15) is 41.7 Å². The molecule has 3 heterocycles. The molecule has 0 saturated carbocycles. The predicted octanol–water partition coefficient (Wildman–Crippen LogP) is 3.15. The molecule has 0 spiro atoms. The molecule has 1 unspecified atom stereocenters. The van der Waals surface area contributed by atoms with Crippen LogP contribution in [0.3, 0.4) is 0 Å². The summed E-state index contributed by atoms with van der Waals surface area (Å²) in [6.07, 6.45) is 8.55. The molecule has 0 bridgehead atoms. The molecule has 4 rings (SSSR count). The number of thioether (sulfide) groups is 1. The third kappa shape index (κ3) is 4.75. The number of piperidine rings is 1. The lowest BCUT2D eigenvalue weighted by atomic mass is 9.97. The van der Waals surface area contributed by atoms with Gasteiger partial charge in [0.1, 0.15) is 0 Å². The number of likely N-dealkylation sites (tertiary alicyclic amines) is 2. The SMILES string of the molecule is CSc1ccc(CN2CCCC(Cn3cc(C(=O)N4CCCC4)nn3)C2)cc1. The third-order valence-corrected chi connectivity index (χ3v) is 6.51. The van der Waals surface area contributed by atoms with Crippen molar-refractivity contribution in [1.29, 1.82) is 0 Å². The molecule has 0 N–H and O–H groups in total. The quantitative estimate of drug-likeness (QED) is 0.699. The number of hydrogen-bond donors (Lipinski definition) is 0. The van der Waals surface area contributed by atoms with Crippen molar-refractivity contribution in [2.75, 3.05) is 32.4 Å². The first kappa shape index (κ1) is 19.5. The molecule has 6 nitrogen and oxygen atoms in total. The lowest BCUT2D eigenvalue weighted by Crippen LogP contribution is -2.36. The van der Waals surface area contributed by atoms with Crippen LogP contribution in [0.5, 0.6) is 0 Å². The smallest absolute Gasteiger partial charge is 0.276 e. The molecule has 1 amide bonds. The number of rotatable bonds is 6. The first-order chi connectivity index (χ1) is 13.7. The fraction of sp³-hybridized carbons (Fsp3) is 0.571. The number of aromatic nitrogens is 3. The number of amides is 1. The molecule has 2 aliphatic heterocycles. The van der Waals surface area contributed by atoms with E-state index in [1.165, 1.54) is 23.3 Å². The predicted molar refractivity (Wildman–Crippen MR) is 111 cm³/mol. The van der Waals surface area contributed by atoms with Crippen molar-refractivity contribution < 1.29 is 4.79 Å². The van der Waals surface area contributed by atoms with Crippen molar-refractivity contribution in [1.82, 2.24) is 24.8 Å². The second-order valence-corrected chi connectivity index (χ2v) is 8.80. The van der Waals surface area contributed by atoms with Crippen molar-refractivity contribution in [3.63, 3.8) is 0 Å². The molecular formula is C21H29N5OS. The average Bonchev–Trinajstić information content (AvgIpc) is 3.41. The van der Waals surface area contributed by atoms with E-state index in [1.54, 1.807) is 11.8 Å². The first-order valence-corrected chi connectivity index (χ1v) is 11.5. The Kier molecular flexibility index (Phi) is 6.32. The molecule has 2 saturated heterocycles. The second kappa shape index (κ2) is 9.09. The molecular weight excluding hydrogens is 370 g/mol. The summed E-state index contributed by atoms with van der Waals surface area (Å²) < 4.78 is 1.87. The van der Waals surface area contributed by atoms with Crippen molar-refractivity contribution >= 4 is 17.7 Å². The van der Waals surface area contributed by atoms with E-state index in [4.69, 9.17) is 0 Å². The van der Waals surface area contributed by atoms with Gasteiger partial charge in [-0.3, -0.25) is 14.4 Å². The number of carbonyl (C=O) groups excluding carboxylic acids is 1. The van der Waals surface area contributed by atoms with Gasteiger partial charge in [0, 0.05) is 37.6 Å². The van der Waals surface area contributed by atoms with Gasteiger partial charge >= 0.3 is 0 Å². The van der Waals surface area contributed by atoms with Gasteiger partial charge in [0.25, 0.3) is 5.91 Å². The van der Waals surface area contributed by atoms with Crippen molar-refractivity contribution in [3.05, 3.63) is 41.7 Å². The summed E-state index contributed by atoms with van der Waals surface area (Å²) in [7, 11) is 0. The van der Waals surface area contributed by atoms with E-state index >= 15 is 0 Å². The zero-order chi connectivity index (χ0) is 19.3. The number of hydrogen-bond acceptors (Lipinski definition) is 5. The van der Waals surface area contributed by atoms with Gasteiger partial charge in [0.2, 0.25) is 0 Å². The highest BCUT2D eigenvalue weighted by Gasteiger charge is 2.24. The maximum atomic E-state index is 12.5. The molecule has 0 radical (unpaired) electrons. The molecule has 2 aliphatic rings. The molecule has 7 heteroatoms. The van der Waals surface area contributed by atoms with Crippen LogP contribution in [-0.4, -0.2) is 63.1 Å². The fourth-order valence-corrected chi connectivity index (χ4v) is 4.67. The zero-order valence-corrected chi connectivity index (χ0v) is 17.4. The topological polar surface area (TPSA) is 54.3 Å². The van der Waals surface area contributed by atoms with E-state index in [2.05, 4.69) is 45.7 Å². The molecule has 28 heavy (non-hydrogen) atoms. The Morgan fingerprint density at radius 2 is 1.93 bits per heavy atom. The van der Waals surface area contributed by atoms with Crippen molar-refractivity contribution in [3.8, 4) is 0 Å². The van der Waals surface area contributed by atoms with Gasteiger partial charge in [-0.05, 0) is 62.1 Å². The first-order valence-electron chi connectivity index (χ1n) is 10.3. The normalized spacial score (nSPS) is 20.6. The Hall–Kier alpha value is -1.86. The summed E-state index contributed by atoms with van der Waals surface area (Å²) in [6.45, 7) is 5.75. The van der Waals surface area contributed by atoms with Gasteiger partial charge in [0.05, 0.1) is 6.20 Å². The number of nitrogens with zero attached hydrogens (tertiary/aromatic N) is 5. The van der Waals surface area contributed by atoms with Gasteiger partial charge < -0.3 is 4.90 Å². The van der Waals surface area contributed by atoms with Crippen LogP contribution in [0.15, 0.2) is 35.4 Å². The van der Waals surface area contributed by atoms with Crippen LogP contribution >= 0.6 is 11.8 Å². The summed E-state index contributed by atoms with van der Waals surface area (Å²) >= 11 is 1.78. The molecule has 150 valence electrons. The summed E-state index contributed by atoms with van der Waals surface area (Å²) in [6, 6.07) is 8.89. The summed E-state index contributed by atoms with van der Waals surface area (Å²) in [5.74, 6) is 0.582.